The summed E-state index contributed by atoms with van der Waals surface area (Å²) in [5.74, 6) is -0.372. The highest BCUT2D eigenvalue weighted by molar-refractivity contribution is 7.82. The summed E-state index contributed by atoms with van der Waals surface area (Å²) in [5.41, 5.74) is 1.94. The molecular formula is C22H27N5O4S2. The highest BCUT2D eigenvalue weighted by Gasteiger charge is 2.16. The molecule has 0 saturated heterocycles. The number of aromatic nitrogens is 2. The first-order valence-corrected chi connectivity index (χ1v) is 12.2. The van der Waals surface area contributed by atoms with Crippen LogP contribution in [0.15, 0.2) is 41.6 Å². The standard InChI is InChI=1S/C22H27N5O4S2/c1-22(2,3)31-19(28)8-9-24-20(29)26-21-25-17-7-6-14(11-18(17)32-21)15-10-16(13-23-12-15)33(30)27(4)5/h6-7,10-13H,8-9H2,1-5H3,(H2,24,25,26,29). The number of benzene rings is 1. The quantitative estimate of drug-likeness (QED) is 0.488. The summed E-state index contributed by atoms with van der Waals surface area (Å²) in [6.45, 7) is 5.54. The average Bonchev–Trinajstić information content (AvgIpc) is 3.13. The number of thiazole rings is 1. The van der Waals surface area contributed by atoms with Crippen LogP contribution >= 0.6 is 11.3 Å². The molecule has 2 aromatic heterocycles. The summed E-state index contributed by atoms with van der Waals surface area (Å²) in [5, 5.41) is 5.77. The van der Waals surface area contributed by atoms with Gasteiger partial charge in [-0.05, 0) is 58.6 Å². The zero-order chi connectivity index (χ0) is 24.2. The minimum absolute atomic E-state index is 0.0829. The number of carbonyl (C=O) groups is 2. The second-order valence-corrected chi connectivity index (χ2v) is 11.1. The van der Waals surface area contributed by atoms with Crippen molar-refractivity contribution in [1.82, 2.24) is 19.6 Å². The van der Waals surface area contributed by atoms with Gasteiger partial charge in [-0.2, -0.15) is 0 Å². The number of amides is 2. The molecule has 1 atom stereocenters. The Morgan fingerprint density at radius 3 is 2.61 bits per heavy atom. The van der Waals surface area contributed by atoms with E-state index in [1.54, 1.807) is 51.6 Å². The summed E-state index contributed by atoms with van der Waals surface area (Å²) < 4.78 is 20.0. The van der Waals surface area contributed by atoms with Crippen LogP contribution in [-0.4, -0.2) is 56.7 Å². The number of anilines is 1. The predicted octanol–water partition coefficient (Wildman–Crippen LogP) is 3.80. The van der Waals surface area contributed by atoms with E-state index in [2.05, 4.69) is 20.6 Å². The Balaban J connectivity index is 1.64. The van der Waals surface area contributed by atoms with Crippen LogP contribution in [0.4, 0.5) is 9.93 Å². The molecule has 0 fully saturated rings. The van der Waals surface area contributed by atoms with Gasteiger partial charge < -0.3 is 10.1 Å². The second kappa shape index (κ2) is 10.4. The van der Waals surface area contributed by atoms with Crippen molar-refractivity contribution in [3.05, 3.63) is 36.7 Å². The number of urea groups is 1. The van der Waals surface area contributed by atoms with Gasteiger partial charge in [0.25, 0.3) is 0 Å². The first kappa shape index (κ1) is 24.7. The van der Waals surface area contributed by atoms with Crippen LogP contribution in [0.25, 0.3) is 21.3 Å². The van der Waals surface area contributed by atoms with Gasteiger partial charge in [-0.3, -0.25) is 15.1 Å². The second-order valence-electron chi connectivity index (χ2n) is 8.39. The number of hydrogen-bond donors (Lipinski definition) is 2. The fourth-order valence-electron chi connectivity index (χ4n) is 2.85. The molecule has 11 heteroatoms. The van der Waals surface area contributed by atoms with Crippen LogP contribution in [0.2, 0.25) is 0 Å². The van der Waals surface area contributed by atoms with Gasteiger partial charge in [-0.25, -0.2) is 18.3 Å². The van der Waals surface area contributed by atoms with Crippen molar-refractivity contribution >= 4 is 49.7 Å². The van der Waals surface area contributed by atoms with Gasteiger partial charge in [0.2, 0.25) is 0 Å². The topological polar surface area (TPSA) is 114 Å². The van der Waals surface area contributed by atoms with E-state index < -0.39 is 22.6 Å². The first-order chi connectivity index (χ1) is 15.5. The van der Waals surface area contributed by atoms with Crippen LogP contribution < -0.4 is 10.6 Å². The van der Waals surface area contributed by atoms with Crippen LogP contribution in [-0.2, 0) is 20.5 Å². The van der Waals surface area contributed by atoms with Gasteiger partial charge in [-0.1, -0.05) is 17.4 Å². The summed E-state index contributed by atoms with van der Waals surface area (Å²) in [7, 11) is 2.21. The van der Waals surface area contributed by atoms with E-state index >= 15 is 0 Å². The Hall–Kier alpha value is -2.89. The van der Waals surface area contributed by atoms with E-state index in [1.807, 2.05) is 24.3 Å². The fraction of sp³-hybridized carbons (Fsp3) is 0.364. The van der Waals surface area contributed by atoms with Crippen molar-refractivity contribution in [2.75, 3.05) is 26.0 Å². The highest BCUT2D eigenvalue weighted by atomic mass is 32.2. The van der Waals surface area contributed by atoms with Crippen LogP contribution in [0.1, 0.15) is 27.2 Å². The molecule has 1 aromatic carbocycles. The van der Waals surface area contributed by atoms with E-state index in [-0.39, 0.29) is 18.9 Å². The Morgan fingerprint density at radius 1 is 1.15 bits per heavy atom. The van der Waals surface area contributed by atoms with E-state index in [0.29, 0.717) is 10.0 Å². The van der Waals surface area contributed by atoms with Crippen molar-refractivity contribution in [2.24, 2.45) is 0 Å². The molecule has 2 N–H and O–H groups in total. The summed E-state index contributed by atoms with van der Waals surface area (Å²) in [6.07, 6.45) is 3.39. The molecule has 2 amide bonds. The zero-order valence-corrected chi connectivity index (χ0v) is 20.8. The molecule has 176 valence electrons. The molecule has 0 saturated carbocycles. The number of rotatable bonds is 7. The largest absolute Gasteiger partial charge is 0.460 e. The van der Waals surface area contributed by atoms with E-state index in [4.69, 9.17) is 4.74 Å². The Morgan fingerprint density at radius 2 is 1.91 bits per heavy atom. The predicted molar refractivity (Wildman–Crippen MR) is 130 cm³/mol. The van der Waals surface area contributed by atoms with Crippen molar-refractivity contribution in [1.29, 1.82) is 0 Å². The van der Waals surface area contributed by atoms with Crippen molar-refractivity contribution < 1.29 is 18.5 Å². The molecule has 0 aliphatic carbocycles. The normalized spacial score (nSPS) is 12.5. The van der Waals surface area contributed by atoms with E-state index in [1.165, 1.54) is 11.3 Å². The van der Waals surface area contributed by atoms with Crippen molar-refractivity contribution in [3.63, 3.8) is 0 Å². The molecule has 1 unspecified atom stereocenters. The lowest BCUT2D eigenvalue weighted by molar-refractivity contribution is -0.154. The van der Waals surface area contributed by atoms with Gasteiger partial charge in [-0.15, -0.1) is 0 Å². The van der Waals surface area contributed by atoms with Crippen LogP contribution in [0, 0.1) is 0 Å². The maximum atomic E-state index is 12.3. The lowest BCUT2D eigenvalue weighted by Gasteiger charge is -2.19. The molecule has 0 spiro atoms. The highest BCUT2D eigenvalue weighted by Crippen LogP contribution is 2.31. The Bertz CT molecular complexity index is 1190. The SMILES string of the molecule is CN(C)S(=O)c1cncc(-c2ccc3nc(NC(=O)NCCC(=O)OC(C)(C)C)sc3c2)c1. The van der Waals surface area contributed by atoms with Crippen LogP contribution in [0.3, 0.4) is 0 Å². The summed E-state index contributed by atoms with van der Waals surface area (Å²) >= 11 is 1.33. The Kier molecular flexibility index (Phi) is 7.77. The summed E-state index contributed by atoms with van der Waals surface area (Å²) in [6, 6.07) is 7.13. The van der Waals surface area contributed by atoms with E-state index in [0.717, 1.165) is 21.3 Å². The van der Waals surface area contributed by atoms with Crippen LogP contribution in [0.5, 0.6) is 0 Å². The monoisotopic (exact) mass is 489 g/mol. The zero-order valence-electron chi connectivity index (χ0n) is 19.2. The number of ether oxygens (including phenoxy) is 1. The van der Waals surface area contributed by atoms with Gasteiger partial charge in [0.15, 0.2) is 5.13 Å². The molecule has 9 nitrogen and oxygen atoms in total. The molecule has 0 aliphatic heterocycles. The Labute approximate surface area is 199 Å². The first-order valence-electron chi connectivity index (χ1n) is 10.2. The van der Waals surface area contributed by atoms with Gasteiger partial charge >= 0.3 is 12.0 Å². The number of esters is 1. The minimum atomic E-state index is -1.28. The third-order valence-corrected chi connectivity index (χ3v) is 6.45. The smallest absolute Gasteiger partial charge is 0.321 e. The fourth-order valence-corrected chi connectivity index (χ4v) is 4.55. The molecule has 0 radical (unpaired) electrons. The van der Waals surface area contributed by atoms with Crippen molar-refractivity contribution in [2.45, 2.75) is 37.7 Å². The maximum Gasteiger partial charge on any atom is 0.321 e. The van der Waals surface area contributed by atoms with Gasteiger partial charge in [0, 0.05) is 24.5 Å². The van der Waals surface area contributed by atoms with E-state index in [9.17, 15) is 13.8 Å². The molecule has 0 bridgehead atoms. The number of nitrogens with zero attached hydrogens (tertiary/aromatic N) is 3. The lowest BCUT2D eigenvalue weighted by atomic mass is 10.1. The number of nitrogens with one attached hydrogen (secondary N) is 2. The molecule has 3 rings (SSSR count). The number of fused-ring (bicyclic) bond motifs is 1. The van der Waals surface area contributed by atoms with Gasteiger partial charge in [0.1, 0.15) is 16.6 Å². The average molecular weight is 490 g/mol. The minimum Gasteiger partial charge on any atom is -0.460 e. The number of pyridine rings is 1. The summed E-state index contributed by atoms with van der Waals surface area (Å²) in [4.78, 5) is 33.1. The lowest BCUT2D eigenvalue weighted by Crippen LogP contribution is -2.32. The molecule has 3 aromatic rings. The molecule has 0 aliphatic rings. The third kappa shape index (κ3) is 7.04. The maximum absolute atomic E-state index is 12.3. The molecule has 2 heterocycles. The van der Waals surface area contributed by atoms with Crippen molar-refractivity contribution in [3.8, 4) is 11.1 Å². The molecule has 33 heavy (non-hydrogen) atoms. The number of hydrogen-bond acceptors (Lipinski definition) is 7. The number of carbonyl (C=O) groups excluding carboxylic acids is 2. The molecular weight excluding hydrogens is 462 g/mol. The third-order valence-electron chi connectivity index (χ3n) is 4.22. The van der Waals surface area contributed by atoms with Gasteiger partial charge in [0.05, 0.1) is 21.5 Å².